The van der Waals surface area contributed by atoms with Crippen molar-refractivity contribution in [2.75, 3.05) is 11.1 Å². The highest BCUT2D eigenvalue weighted by atomic mass is 79.9. The monoisotopic (exact) mass is 430 g/mol. The normalized spacial score (nSPS) is 10.5. The fraction of sp³-hybridized carbons (Fsp3) is 0.111. The molecule has 2 N–H and O–H groups in total. The van der Waals surface area contributed by atoms with Gasteiger partial charge < -0.3 is 5.32 Å². The average molecular weight is 431 g/mol. The molecule has 0 spiro atoms. The summed E-state index contributed by atoms with van der Waals surface area (Å²) >= 11 is 4.63. The number of hydrogen-bond donors (Lipinski definition) is 2. The maximum atomic E-state index is 12.2. The molecular weight excluding hydrogens is 416 g/mol. The van der Waals surface area contributed by atoms with E-state index in [1.807, 2.05) is 24.3 Å². The number of aromatic amines is 1. The zero-order chi connectivity index (χ0) is 18.5. The molecule has 3 rings (SSSR count). The van der Waals surface area contributed by atoms with Crippen molar-refractivity contribution in [2.45, 2.75) is 12.1 Å². The van der Waals surface area contributed by atoms with Gasteiger partial charge in [0.05, 0.1) is 5.75 Å². The summed E-state index contributed by atoms with van der Waals surface area (Å²) in [7, 11) is 0. The number of carbonyl (C=O) groups excluding carboxylic acids is 2. The van der Waals surface area contributed by atoms with Gasteiger partial charge in [0, 0.05) is 28.2 Å². The summed E-state index contributed by atoms with van der Waals surface area (Å²) in [5.41, 5.74) is 2.22. The van der Waals surface area contributed by atoms with Gasteiger partial charge in [0.1, 0.15) is 0 Å². The SMILES string of the molecule is CC(=O)Nc1ccc(-c2nc(SCC(=O)c3ccc(Br)cc3)n[nH]2)cc1. The molecule has 0 bridgehead atoms. The van der Waals surface area contributed by atoms with Gasteiger partial charge >= 0.3 is 0 Å². The molecule has 1 heterocycles. The second-order valence-corrected chi connectivity index (χ2v) is 7.30. The smallest absolute Gasteiger partial charge is 0.221 e. The first-order chi connectivity index (χ1) is 12.5. The molecule has 0 aliphatic carbocycles. The lowest BCUT2D eigenvalue weighted by molar-refractivity contribution is -0.114. The Morgan fingerprint density at radius 3 is 2.46 bits per heavy atom. The molecule has 1 amide bonds. The van der Waals surface area contributed by atoms with E-state index in [4.69, 9.17) is 0 Å². The van der Waals surface area contributed by atoms with Crippen molar-refractivity contribution in [1.29, 1.82) is 0 Å². The largest absolute Gasteiger partial charge is 0.326 e. The number of ketones is 1. The molecule has 132 valence electrons. The fourth-order valence-electron chi connectivity index (χ4n) is 2.20. The number of rotatable bonds is 6. The Hall–Kier alpha value is -2.45. The topological polar surface area (TPSA) is 87.7 Å². The van der Waals surface area contributed by atoms with E-state index in [0.29, 0.717) is 16.5 Å². The van der Waals surface area contributed by atoms with Crippen LogP contribution in [0.4, 0.5) is 5.69 Å². The Bertz CT molecular complexity index is 923. The van der Waals surface area contributed by atoms with Crippen molar-refractivity contribution in [1.82, 2.24) is 15.2 Å². The van der Waals surface area contributed by atoms with Crippen molar-refractivity contribution in [3.8, 4) is 11.4 Å². The maximum Gasteiger partial charge on any atom is 0.221 e. The summed E-state index contributed by atoms with van der Waals surface area (Å²) in [6, 6.07) is 14.5. The number of halogens is 1. The quantitative estimate of drug-likeness (QED) is 0.452. The lowest BCUT2D eigenvalue weighted by Crippen LogP contribution is -2.05. The van der Waals surface area contributed by atoms with Crippen LogP contribution in [0.25, 0.3) is 11.4 Å². The van der Waals surface area contributed by atoms with E-state index in [0.717, 1.165) is 15.7 Å². The van der Waals surface area contributed by atoms with E-state index in [9.17, 15) is 9.59 Å². The van der Waals surface area contributed by atoms with E-state index in [-0.39, 0.29) is 17.4 Å². The minimum atomic E-state index is -0.119. The molecule has 6 nitrogen and oxygen atoms in total. The van der Waals surface area contributed by atoms with Crippen molar-refractivity contribution < 1.29 is 9.59 Å². The molecule has 0 saturated carbocycles. The van der Waals surface area contributed by atoms with Crippen molar-refractivity contribution in [3.05, 3.63) is 58.6 Å². The van der Waals surface area contributed by atoms with Gasteiger partial charge in [-0.3, -0.25) is 14.7 Å². The second kappa shape index (κ2) is 8.29. The number of thioether (sulfide) groups is 1. The number of H-pyrrole nitrogens is 1. The highest BCUT2D eigenvalue weighted by molar-refractivity contribution is 9.10. The number of Topliss-reactive ketones (excluding diaryl/α,β-unsaturated/α-hetero) is 1. The molecule has 8 heteroatoms. The van der Waals surface area contributed by atoms with Crippen LogP contribution in [0, 0.1) is 0 Å². The average Bonchev–Trinajstić information content (AvgIpc) is 3.09. The number of nitrogens with zero attached hydrogens (tertiary/aromatic N) is 2. The predicted octanol–water partition coefficient (Wildman–Crippen LogP) is 4.17. The number of nitrogens with one attached hydrogen (secondary N) is 2. The van der Waals surface area contributed by atoms with Gasteiger partial charge in [-0.15, -0.1) is 5.10 Å². The molecule has 0 unspecified atom stereocenters. The van der Waals surface area contributed by atoms with Crippen molar-refractivity contribution >= 4 is 45.1 Å². The Balaban J connectivity index is 1.61. The van der Waals surface area contributed by atoms with Gasteiger partial charge in [-0.1, -0.05) is 39.8 Å². The molecule has 0 aliphatic heterocycles. The van der Waals surface area contributed by atoms with Gasteiger partial charge in [-0.05, 0) is 36.4 Å². The van der Waals surface area contributed by atoms with Gasteiger partial charge in [0.15, 0.2) is 11.6 Å². The summed E-state index contributed by atoms with van der Waals surface area (Å²) in [5.74, 6) is 0.776. The third-order valence-corrected chi connectivity index (χ3v) is 4.82. The molecule has 2 aromatic carbocycles. The van der Waals surface area contributed by atoms with E-state index in [1.165, 1.54) is 18.7 Å². The first kappa shape index (κ1) is 18.3. The van der Waals surface area contributed by atoms with Crippen LogP contribution in [0.5, 0.6) is 0 Å². The first-order valence-electron chi connectivity index (χ1n) is 7.73. The molecule has 0 radical (unpaired) electrons. The third-order valence-electron chi connectivity index (χ3n) is 3.44. The standard InChI is InChI=1S/C18H15BrN4O2S/c1-11(24)20-15-8-4-13(5-9-15)17-21-18(23-22-17)26-10-16(25)12-2-6-14(19)7-3-12/h2-9H,10H2,1H3,(H,20,24)(H,21,22,23). The van der Waals surface area contributed by atoms with Gasteiger partial charge in [0.2, 0.25) is 11.1 Å². The Kier molecular flexibility index (Phi) is 5.85. The molecular formula is C18H15BrN4O2S. The van der Waals surface area contributed by atoms with Crippen LogP contribution in [0.3, 0.4) is 0 Å². The Labute approximate surface area is 162 Å². The molecule has 0 fully saturated rings. The zero-order valence-electron chi connectivity index (χ0n) is 13.8. The van der Waals surface area contributed by atoms with Gasteiger partial charge in [0.25, 0.3) is 0 Å². The van der Waals surface area contributed by atoms with E-state index < -0.39 is 0 Å². The van der Waals surface area contributed by atoms with Crippen LogP contribution < -0.4 is 5.32 Å². The zero-order valence-corrected chi connectivity index (χ0v) is 16.2. The maximum absolute atomic E-state index is 12.2. The first-order valence-corrected chi connectivity index (χ1v) is 9.51. The van der Waals surface area contributed by atoms with E-state index >= 15 is 0 Å². The van der Waals surface area contributed by atoms with Crippen molar-refractivity contribution in [2.24, 2.45) is 0 Å². The molecule has 1 aromatic heterocycles. The van der Waals surface area contributed by atoms with Crippen LogP contribution in [0.1, 0.15) is 17.3 Å². The molecule has 0 saturated heterocycles. The number of hydrogen-bond acceptors (Lipinski definition) is 5. The number of aromatic nitrogens is 3. The predicted molar refractivity (Wildman–Crippen MR) is 105 cm³/mol. The van der Waals surface area contributed by atoms with Gasteiger partial charge in [-0.25, -0.2) is 4.98 Å². The highest BCUT2D eigenvalue weighted by Gasteiger charge is 2.11. The van der Waals surface area contributed by atoms with Gasteiger partial charge in [-0.2, -0.15) is 0 Å². The minimum absolute atomic E-state index is 0.0218. The summed E-state index contributed by atoms with van der Waals surface area (Å²) in [6.07, 6.45) is 0. The lowest BCUT2D eigenvalue weighted by Gasteiger charge is -2.02. The Morgan fingerprint density at radius 1 is 1.12 bits per heavy atom. The molecule has 0 aliphatic rings. The summed E-state index contributed by atoms with van der Waals surface area (Å²) in [5, 5.41) is 10.2. The van der Waals surface area contributed by atoms with E-state index in [2.05, 4.69) is 36.4 Å². The Morgan fingerprint density at radius 2 is 1.81 bits per heavy atom. The fourth-order valence-corrected chi connectivity index (χ4v) is 3.16. The van der Waals surface area contributed by atoms with Crippen LogP contribution in [-0.4, -0.2) is 32.6 Å². The minimum Gasteiger partial charge on any atom is -0.326 e. The van der Waals surface area contributed by atoms with E-state index in [1.54, 1.807) is 24.3 Å². The summed E-state index contributed by atoms with van der Waals surface area (Å²) < 4.78 is 0.935. The summed E-state index contributed by atoms with van der Waals surface area (Å²) in [6.45, 7) is 1.46. The summed E-state index contributed by atoms with van der Waals surface area (Å²) in [4.78, 5) is 27.6. The van der Waals surface area contributed by atoms with Crippen molar-refractivity contribution in [3.63, 3.8) is 0 Å². The lowest BCUT2D eigenvalue weighted by atomic mass is 10.2. The molecule has 26 heavy (non-hydrogen) atoms. The number of amides is 1. The number of anilines is 1. The second-order valence-electron chi connectivity index (χ2n) is 5.44. The molecule has 0 atom stereocenters. The number of benzene rings is 2. The number of carbonyl (C=O) groups is 2. The van der Waals surface area contributed by atoms with Crippen LogP contribution in [-0.2, 0) is 4.79 Å². The van der Waals surface area contributed by atoms with Crippen LogP contribution in [0.15, 0.2) is 58.2 Å². The van der Waals surface area contributed by atoms with Crippen LogP contribution in [0.2, 0.25) is 0 Å². The van der Waals surface area contributed by atoms with Crippen LogP contribution >= 0.6 is 27.7 Å². The third kappa shape index (κ3) is 4.80. The molecule has 3 aromatic rings. The highest BCUT2D eigenvalue weighted by Crippen LogP contribution is 2.22.